The number of benzene rings is 1. The summed E-state index contributed by atoms with van der Waals surface area (Å²) >= 11 is 0. The lowest BCUT2D eigenvalue weighted by Crippen LogP contribution is -2.54. The Bertz CT molecular complexity index is 477. The fraction of sp³-hybridized carbons (Fsp3) is 0.588. The molecule has 1 saturated heterocycles. The summed E-state index contributed by atoms with van der Waals surface area (Å²) in [6.07, 6.45) is 0.353. The van der Waals surface area contributed by atoms with Crippen LogP contribution in [-0.4, -0.2) is 55.1 Å². The molecule has 2 rings (SSSR count). The Labute approximate surface area is 127 Å². The molecule has 0 amide bonds. The van der Waals surface area contributed by atoms with Crippen LogP contribution in [0.25, 0.3) is 0 Å². The van der Waals surface area contributed by atoms with Crippen LogP contribution in [-0.2, 0) is 22.5 Å². The summed E-state index contributed by atoms with van der Waals surface area (Å²) in [7, 11) is 3.63. The van der Waals surface area contributed by atoms with Gasteiger partial charge in [-0.2, -0.15) is 0 Å². The van der Waals surface area contributed by atoms with Gasteiger partial charge in [0.05, 0.1) is 13.5 Å². The molecule has 1 aromatic carbocycles. The van der Waals surface area contributed by atoms with Gasteiger partial charge in [-0.05, 0) is 32.0 Å². The Morgan fingerprint density at radius 3 is 2.33 bits per heavy atom. The van der Waals surface area contributed by atoms with E-state index in [-0.39, 0.29) is 5.97 Å². The first-order chi connectivity index (χ1) is 10.0. The average molecular weight is 290 g/mol. The van der Waals surface area contributed by atoms with E-state index in [0.717, 1.165) is 25.2 Å². The largest absolute Gasteiger partial charge is 0.469 e. The van der Waals surface area contributed by atoms with Crippen molar-refractivity contribution in [3.05, 3.63) is 35.4 Å². The summed E-state index contributed by atoms with van der Waals surface area (Å²) in [5.74, 6) is -0.178. The van der Waals surface area contributed by atoms with Gasteiger partial charge in [-0.25, -0.2) is 0 Å². The third-order valence-corrected chi connectivity index (χ3v) is 4.51. The lowest BCUT2D eigenvalue weighted by molar-refractivity contribution is -0.139. The highest BCUT2D eigenvalue weighted by atomic mass is 16.5. The second kappa shape index (κ2) is 7.05. The van der Waals surface area contributed by atoms with Gasteiger partial charge in [0.2, 0.25) is 0 Å². The Kier molecular flexibility index (Phi) is 5.37. The van der Waals surface area contributed by atoms with E-state index < -0.39 is 0 Å². The van der Waals surface area contributed by atoms with Gasteiger partial charge in [-0.3, -0.25) is 14.6 Å². The number of nitrogens with zero attached hydrogens (tertiary/aromatic N) is 2. The quantitative estimate of drug-likeness (QED) is 0.793. The second-order valence-corrected chi connectivity index (χ2v) is 6.08. The van der Waals surface area contributed by atoms with Gasteiger partial charge in [0.15, 0.2) is 0 Å². The summed E-state index contributed by atoms with van der Waals surface area (Å²) in [4.78, 5) is 16.4. The van der Waals surface area contributed by atoms with E-state index in [4.69, 9.17) is 4.74 Å². The molecule has 1 aliphatic rings. The third-order valence-electron chi connectivity index (χ3n) is 4.51. The molecule has 4 heteroatoms. The summed E-state index contributed by atoms with van der Waals surface area (Å²) in [5.41, 5.74) is 2.30. The zero-order valence-electron chi connectivity index (χ0n) is 13.5. The number of methoxy groups -OCH3 is 1. The molecule has 0 saturated carbocycles. The third kappa shape index (κ3) is 4.05. The van der Waals surface area contributed by atoms with E-state index in [1.807, 2.05) is 18.2 Å². The predicted molar refractivity (Wildman–Crippen MR) is 84.1 cm³/mol. The summed E-state index contributed by atoms with van der Waals surface area (Å²) in [5, 5.41) is 0. The van der Waals surface area contributed by atoms with E-state index in [2.05, 4.69) is 36.8 Å². The van der Waals surface area contributed by atoms with Crippen molar-refractivity contribution in [1.29, 1.82) is 0 Å². The van der Waals surface area contributed by atoms with Crippen LogP contribution in [0.1, 0.15) is 25.0 Å². The molecule has 1 heterocycles. The number of likely N-dealkylation sites (N-methyl/N-ethyl adjacent to an activating group) is 1. The average Bonchev–Trinajstić information content (AvgIpc) is 2.46. The molecule has 21 heavy (non-hydrogen) atoms. The van der Waals surface area contributed by atoms with Crippen LogP contribution in [0.5, 0.6) is 0 Å². The lowest BCUT2D eigenvalue weighted by atomic mass is 10.0. The molecule has 0 spiro atoms. The molecule has 0 aromatic heterocycles. The molecular formula is C17H26N2O2. The molecule has 1 fully saturated rings. The van der Waals surface area contributed by atoms with Crippen molar-refractivity contribution >= 4 is 5.97 Å². The van der Waals surface area contributed by atoms with Crippen LogP contribution in [0.15, 0.2) is 24.3 Å². The Morgan fingerprint density at radius 1 is 1.19 bits per heavy atom. The predicted octanol–water partition coefficient (Wildman–Crippen LogP) is 1.93. The van der Waals surface area contributed by atoms with Crippen molar-refractivity contribution in [2.75, 3.05) is 27.2 Å². The fourth-order valence-electron chi connectivity index (χ4n) is 3.00. The van der Waals surface area contributed by atoms with Gasteiger partial charge < -0.3 is 4.74 Å². The SMILES string of the molecule is COC(=O)Cc1ccccc1CN1CC(C)N(C)C(C)C1. The molecular weight excluding hydrogens is 264 g/mol. The zero-order chi connectivity index (χ0) is 15.4. The zero-order valence-corrected chi connectivity index (χ0v) is 13.5. The van der Waals surface area contributed by atoms with Crippen molar-refractivity contribution in [3.8, 4) is 0 Å². The van der Waals surface area contributed by atoms with Crippen LogP contribution in [0.3, 0.4) is 0 Å². The minimum atomic E-state index is -0.178. The van der Waals surface area contributed by atoms with Crippen molar-refractivity contribution in [2.24, 2.45) is 0 Å². The highest BCUT2D eigenvalue weighted by Crippen LogP contribution is 2.18. The number of esters is 1. The topological polar surface area (TPSA) is 32.8 Å². The van der Waals surface area contributed by atoms with Gasteiger partial charge in [-0.15, -0.1) is 0 Å². The van der Waals surface area contributed by atoms with Crippen molar-refractivity contribution < 1.29 is 9.53 Å². The number of carbonyl (C=O) groups is 1. The molecule has 116 valence electrons. The highest BCUT2D eigenvalue weighted by molar-refractivity contribution is 5.72. The maximum Gasteiger partial charge on any atom is 0.309 e. The Hall–Kier alpha value is -1.39. The van der Waals surface area contributed by atoms with Gasteiger partial charge >= 0.3 is 5.97 Å². The van der Waals surface area contributed by atoms with E-state index in [1.54, 1.807) is 0 Å². The minimum Gasteiger partial charge on any atom is -0.469 e. The molecule has 4 nitrogen and oxygen atoms in total. The van der Waals surface area contributed by atoms with E-state index >= 15 is 0 Å². The number of piperazine rings is 1. The Morgan fingerprint density at radius 2 is 1.76 bits per heavy atom. The molecule has 2 atom stereocenters. The van der Waals surface area contributed by atoms with E-state index in [9.17, 15) is 4.79 Å². The normalized spacial score (nSPS) is 24.0. The van der Waals surface area contributed by atoms with Crippen LogP contribution in [0.2, 0.25) is 0 Å². The van der Waals surface area contributed by atoms with Crippen LogP contribution < -0.4 is 0 Å². The lowest BCUT2D eigenvalue weighted by Gasteiger charge is -2.42. The van der Waals surface area contributed by atoms with Gasteiger partial charge in [0.25, 0.3) is 0 Å². The van der Waals surface area contributed by atoms with Gasteiger partial charge in [0.1, 0.15) is 0 Å². The van der Waals surface area contributed by atoms with Crippen molar-refractivity contribution in [2.45, 2.75) is 38.9 Å². The molecule has 0 radical (unpaired) electrons. The van der Waals surface area contributed by atoms with E-state index in [1.165, 1.54) is 12.7 Å². The van der Waals surface area contributed by atoms with Gasteiger partial charge in [-0.1, -0.05) is 24.3 Å². The summed E-state index contributed by atoms with van der Waals surface area (Å²) in [6.45, 7) is 7.56. The molecule has 0 N–H and O–H groups in total. The molecule has 2 unspecified atom stereocenters. The maximum absolute atomic E-state index is 11.5. The standard InChI is InChI=1S/C17H26N2O2/c1-13-10-19(11-14(2)18(13)3)12-16-8-6-5-7-15(16)9-17(20)21-4/h5-8,13-14H,9-12H2,1-4H3. The van der Waals surface area contributed by atoms with Crippen LogP contribution >= 0.6 is 0 Å². The fourth-order valence-corrected chi connectivity index (χ4v) is 3.00. The Balaban J connectivity index is 2.07. The van der Waals surface area contributed by atoms with Crippen molar-refractivity contribution in [1.82, 2.24) is 9.80 Å². The van der Waals surface area contributed by atoms with Crippen LogP contribution in [0.4, 0.5) is 0 Å². The smallest absolute Gasteiger partial charge is 0.309 e. The van der Waals surface area contributed by atoms with Gasteiger partial charge in [0, 0.05) is 31.7 Å². The molecule has 1 aromatic rings. The van der Waals surface area contributed by atoms with E-state index in [0.29, 0.717) is 18.5 Å². The molecule has 1 aliphatic heterocycles. The summed E-state index contributed by atoms with van der Waals surface area (Å²) < 4.78 is 4.79. The number of ether oxygens (including phenoxy) is 1. The van der Waals surface area contributed by atoms with Crippen LogP contribution in [0, 0.1) is 0 Å². The molecule has 0 aliphatic carbocycles. The number of hydrogen-bond donors (Lipinski definition) is 0. The second-order valence-electron chi connectivity index (χ2n) is 6.08. The number of rotatable bonds is 4. The molecule has 0 bridgehead atoms. The maximum atomic E-state index is 11.5. The monoisotopic (exact) mass is 290 g/mol. The number of carbonyl (C=O) groups excluding carboxylic acids is 1. The summed E-state index contributed by atoms with van der Waals surface area (Å²) in [6, 6.07) is 9.28. The highest BCUT2D eigenvalue weighted by Gasteiger charge is 2.26. The minimum absolute atomic E-state index is 0.178. The first-order valence-electron chi connectivity index (χ1n) is 7.59. The first kappa shape index (κ1) is 16.0. The number of hydrogen-bond acceptors (Lipinski definition) is 4. The first-order valence-corrected chi connectivity index (χ1v) is 7.59. The van der Waals surface area contributed by atoms with Crippen molar-refractivity contribution in [3.63, 3.8) is 0 Å².